The van der Waals surface area contributed by atoms with E-state index in [-0.39, 0.29) is 0 Å². The van der Waals surface area contributed by atoms with Crippen LogP contribution in [-0.2, 0) is 0 Å². The third-order valence-electron chi connectivity index (χ3n) is 2.56. The second-order valence-corrected chi connectivity index (χ2v) is 3.97. The van der Waals surface area contributed by atoms with Crippen LogP contribution in [0.5, 0.6) is 0 Å². The van der Waals surface area contributed by atoms with Crippen LogP contribution in [0.2, 0.25) is 5.02 Å². The average molecular weight is 228 g/mol. The van der Waals surface area contributed by atoms with Crippen LogP contribution >= 0.6 is 11.6 Å². The van der Waals surface area contributed by atoms with Gasteiger partial charge in [-0.1, -0.05) is 17.7 Å². The van der Waals surface area contributed by atoms with Crippen molar-refractivity contribution in [2.75, 3.05) is 18.0 Å². The van der Waals surface area contributed by atoms with Crippen LogP contribution in [0.25, 0.3) is 0 Å². The zero-order chi connectivity index (χ0) is 11.4. The Morgan fingerprint density at radius 1 is 1.33 bits per heavy atom. The van der Waals surface area contributed by atoms with E-state index in [2.05, 4.69) is 18.7 Å². The summed E-state index contributed by atoms with van der Waals surface area (Å²) in [7, 11) is 0. The normalized spacial score (nSPS) is 12.6. The van der Waals surface area contributed by atoms with E-state index in [0.717, 1.165) is 24.3 Å². The molecule has 0 aliphatic heterocycles. The Kier molecular flexibility index (Phi) is 4.43. The Labute approximate surface area is 96.5 Å². The molecule has 1 atom stereocenters. The summed E-state index contributed by atoms with van der Waals surface area (Å²) in [6, 6.07) is 5.72. The number of hydrogen-bond donors (Lipinski definition) is 1. The van der Waals surface area contributed by atoms with Gasteiger partial charge in [0.25, 0.3) is 0 Å². The zero-order valence-electron chi connectivity index (χ0n) is 9.50. The summed E-state index contributed by atoms with van der Waals surface area (Å²) in [6.07, 6.45) is -0.465. The van der Waals surface area contributed by atoms with Gasteiger partial charge >= 0.3 is 0 Å². The summed E-state index contributed by atoms with van der Waals surface area (Å²) in [5.74, 6) is 0. The molecule has 15 heavy (non-hydrogen) atoms. The van der Waals surface area contributed by atoms with Gasteiger partial charge in [0.05, 0.1) is 16.8 Å². The zero-order valence-corrected chi connectivity index (χ0v) is 10.3. The highest BCUT2D eigenvalue weighted by Crippen LogP contribution is 2.28. The van der Waals surface area contributed by atoms with Crippen molar-refractivity contribution in [3.05, 3.63) is 28.8 Å². The van der Waals surface area contributed by atoms with Gasteiger partial charge in [-0.25, -0.2) is 0 Å². The number of aliphatic hydroxyl groups is 1. The highest BCUT2D eigenvalue weighted by molar-refractivity contribution is 6.33. The van der Waals surface area contributed by atoms with E-state index >= 15 is 0 Å². The van der Waals surface area contributed by atoms with Gasteiger partial charge in [0, 0.05) is 13.1 Å². The molecular weight excluding hydrogens is 210 g/mol. The smallest absolute Gasteiger partial charge is 0.0762 e. The van der Waals surface area contributed by atoms with E-state index in [0.29, 0.717) is 5.02 Å². The summed E-state index contributed by atoms with van der Waals surface area (Å²) < 4.78 is 0. The molecule has 0 saturated carbocycles. The highest BCUT2D eigenvalue weighted by atomic mass is 35.5. The second-order valence-electron chi connectivity index (χ2n) is 3.56. The molecule has 0 aliphatic carbocycles. The molecule has 3 heteroatoms. The molecule has 84 valence electrons. The number of hydrogen-bond acceptors (Lipinski definition) is 2. The summed E-state index contributed by atoms with van der Waals surface area (Å²) in [6.45, 7) is 7.81. The van der Waals surface area contributed by atoms with Crippen molar-refractivity contribution in [2.45, 2.75) is 26.9 Å². The molecule has 1 aromatic rings. The Hall–Kier alpha value is -0.730. The van der Waals surface area contributed by atoms with Gasteiger partial charge in [-0.05, 0) is 38.5 Å². The lowest BCUT2D eigenvalue weighted by Crippen LogP contribution is -2.22. The van der Waals surface area contributed by atoms with E-state index in [1.54, 1.807) is 6.92 Å². The highest BCUT2D eigenvalue weighted by Gasteiger charge is 2.09. The van der Waals surface area contributed by atoms with Gasteiger partial charge in [0.2, 0.25) is 0 Å². The van der Waals surface area contributed by atoms with E-state index in [1.807, 2.05) is 18.2 Å². The van der Waals surface area contributed by atoms with Crippen LogP contribution in [-0.4, -0.2) is 18.2 Å². The molecule has 0 bridgehead atoms. The first-order chi connectivity index (χ1) is 7.10. The summed E-state index contributed by atoms with van der Waals surface area (Å²) in [5.41, 5.74) is 1.89. The number of halogens is 1. The van der Waals surface area contributed by atoms with Gasteiger partial charge in [-0.15, -0.1) is 0 Å². The maximum absolute atomic E-state index is 9.42. The average Bonchev–Trinajstić information content (AvgIpc) is 2.21. The summed E-state index contributed by atoms with van der Waals surface area (Å²) in [4.78, 5) is 2.19. The maximum atomic E-state index is 9.42. The minimum Gasteiger partial charge on any atom is -0.389 e. The number of aliphatic hydroxyl groups excluding tert-OH is 1. The van der Waals surface area contributed by atoms with Crippen molar-refractivity contribution in [3.8, 4) is 0 Å². The second kappa shape index (κ2) is 5.38. The van der Waals surface area contributed by atoms with Gasteiger partial charge in [-0.2, -0.15) is 0 Å². The lowest BCUT2D eigenvalue weighted by atomic mass is 10.1. The third-order valence-corrected chi connectivity index (χ3v) is 2.86. The van der Waals surface area contributed by atoms with E-state index in [4.69, 9.17) is 11.6 Å². The van der Waals surface area contributed by atoms with E-state index in [1.165, 1.54) is 0 Å². The molecule has 0 unspecified atom stereocenters. The van der Waals surface area contributed by atoms with Crippen molar-refractivity contribution in [2.24, 2.45) is 0 Å². The molecule has 0 radical (unpaired) electrons. The SMILES string of the molecule is CCN(CC)c1ccc([C@@H](C)O)cc1Cl. The van der Waals surface area contributed by atoms with E-state index < -0.39 is 6.10 Å². The van der Waals surface area contributed by atoms with Gasteiger partial charge in [0.1, 0.15) is 0 Å². The van der Waals surface area contributed by atoms with Crippen LogP contribution in [0.3, 0.4) is 0 Å². The number of anilines is 1. The standard InChI is InChI=1S/C12H18ClNO/c1-4-14(5-2)12-7-6-10(9(3)15)8-11(12)13/h6-9,15H,4-5H2,1-3H3/t9-/m1/s1. The van der Waals surface area contributed by atoms with Crippen molar-refractivity contribution in [1.82, 2.24) is 0 Å². The largest absolute Gasteiger partial charge is 0.389 e. The Bertz CT molecular complexity index is 321. The molecule has 1 aromatic carbocycles. The quantitative estimate of drug-likeness (QED) is 0.854. The minimum absolute atomic E-state index is 0.465. The lowest BCUT2D eigenvalue weighted by Gasteiger charge is -2.22. The summed E-state index contributed by atoms with van der Waals surface area (Å²) >= 11 is 6.17. The molecule has 0 saturated heterocycles. The van der Waals surface area contributed by atoms with E-state index in [9.17, 15) is 5.11 Å². The maximum Gasteiger partial charge on any atom is 0.0762 e. The minimum atomic E-state index is -0.465. The Morgan fingerprint density at radius 2 is 1.93 bits per heavy atom. The van der Waals surface area contributed by atoms with Crippen LogP contribution in [0.15, 0.2) is 18.2 Å². The summed E-state index contributed by atoms with van der Waals surface area (Å²) in [5, 5.41) is 10.1. The molecule has 1 N–H and O–H groups in total. The number of nitrogens with zero attached hydrogens (tertiary/aromatic N) is 1. The predicted molar refractivity (Wildman–Crippen MR) is 65.6 cm³/mol. The predicted octanol–water partition coefficient (Wildman–Crippen LogP) is 3.24. The van der Waals surface area contributed by atoms with Crippen LogP contribution in [0, 0.1) is 0 Å². The van der Waals surface area contributed by atoms with Gasteiger partial charge < -0.3 is 10.0 Å². The molecule has 0 aromatic heterocycles. The molecular formula is C12H18ClNO. The molecule has 1 rings (SSSR count). The molecule has 0 heterocycles. The molecule has 0 fully saturated rings. The van der Waals surface area contributed by atoms with Crippen LogP contribution in [0.1, 0.15) is 32.4 Å². The van der Waals surface area contributed by atoms with Crippen LogP contribution in [0.4, 0.5) is 5.69 Å². The van der Waals surface area contributed by atoms with Gasteiger partial charge in [0.15, 0.2) is 0 Å². The first kappa shape index (κ1) is 12.3. The molecule has 2 nitrogen and oxygen atoms in total. The monoisotopic (exact) mass is 227 g/mol. The molecule has 0 spiro atoms. The number of rotatable bonds is 4. The van der Waals surface area contributed by atoms with Crippen molar-refractivity contribution >= 4 is 17.3 Å². The molecule has 0 amide bonds. The number of benzene rings is 1. The molecule has 0 aliphatic rings. The van der Waals surface area contributed by atoms with Crippen molar-refractivity contribution < 1.29 is 5.11 Å². The van der Waals surface area contributed by atoms with Crippen molar-refractivity contribution in [3.63, 3.8) is 0 Å². The fourth-order valence-corrected chi connectivity index (χ4v) is 1.91. The van der Waals surface area contributed by atoms with Crippen LogP contribution < -0.4 is 4.90 Å². The van der Waals surface area contributed by atoms with Gasteiger partial charge in [-0.3, -0.25) is 0 Å². The Balaban J connectivity index is 3.02. The van der Waals surface area contributed by atoms with Crippen molar-refractivity contribution in [1.29, 1.82) is 0 Å². The fourth-order valence-electron chi connectivity index (χ4n) is 1.60. The first-order valence-corrected chi connectivity index (χ1v) is 5.70. The first-order valence-electron chi connectivity index (χ1n) is 5.32. The fraction of sp³-hybridized carbons (Fsp3) is 0.500. The lowest BCUT2D eigenvalue weighted by molar-refractivity contribution is 0.199. The third kappa shape index (κ3) is 2.86. The topological polar surface area (TPSA) is 23.5 Å². The Morgan fingerprint density at radius 3 is 2.33 bits per heavy atom.